The molecule has 0 radical (unpaired) electrons. The lowest BCUT2D eigenvalue weighted by atomic mass is 10.1. The van der Waals surface area contributed by atoms with E-state index in [9.17, 15) is 21.6 Å². The first-order chi connectivity index (χ1) is 16.1. The number of hydrogen-bond acceptors (Lipinski definition) is 7. The number of benzene rings is 3. The van der Waals surface area contributed by atoms with Crippen LogP contribution >= 0.6 is 11.3 Å². The number of amides is 1. The highest BCUT2D eigenvalue weighted by Gasteiger charge is 2.27. The Morgan fingerprint density at radius 3 is 2.29 bits per heavy atom. The van der Waals surface area contributed by atoms with Crippen molar-refractivity contribution in [3.05, 3.63) is 83.9 Å². The highest BCUT2D eigenvalue weighted by Crippen LogP contribution is 2.33. The summed E-state index contributed by atoms with van der Waals surface area (Å²) in [7, 11) is -7.05. The normalized spacial score (nSPS) is 12.1. The molecule has 176 valence electrons. The van der Waals surface area contributed by atoms with Gasteiger partial charge in [0.15, 0.2) is 24.8 Å². The monoisotopic (exact) mass is 514 g/mol. The van der Waals surface area contributed by atoms with Crippen molar-refractivity contribution in [2.45, 2.75) is 23.3 Å². The molecule has 0 bridgehead atoms. The van der Waals surface area contributed by atoms with Gasteiger partial charge in [0.25, 0.3) is 5.91 Å². The van der Waals surface area contributed by atoms with Crippen LogP contribution < -0.4 is 4.90 Å². The first-order valence-electron chi connectivity index (χ1n) is 10.4. The van der Waals surface area contributed by atoms with Gasteiger partial charge in [0, 0.05) is 6.26 Å². The van der Waals surface area contributed by atoms with Crippen molar-refractivity contribution >= 4 is 52.3 Å². The second-order valence-corrected chi connectivity index (χ2v) is 12.9. The molecule has 0 fully saturated rings. The third-order valence-electron chi connectivity index (χ3n) is 5.27. The molecule has 0 aliphatic carbocycles. The second-order valence-electron chi connectivity index (χ2n) is 7.67. The molecule has 1 aromatic heterocycles. The number of sulfone groups is 2. The number of carbonyl (C=O) groups is 1. The lowest BCUT2D eigenvalue weighted by Gasteiger charge is -2.21. The summed E-state index contributed by atoms with van der Waals surface area (Å²) in [4.78, 5) is 19.9. The van der Waals surface area contributed by atoms with Gasteiger partial charge < -0.3 is 0 Å². The number of rotatable bonds is 7. The average molecular weight is 515 g/mol. The van der Waals surface area contributed by atoms with Gasteiger partial charge >= 0.3 is 0 Å². The van der Waals surface area contributed by atoms with Crippen molar-refractivity contribution in [2.75, 3.05) is 16.9 Å². The quantitative estimate of drug-likeness (QED) is 0.364. The van der Waals surface area contributed by atoms with Crippen LogP contribution in [0, 0.1) is 0 Å². The fourth-order valence-corrected chi connectivity index (χ4v) is 6.26. The molecule has 0 saturated carbocycles. The Morgan fingerprint density at radius 2 is 1.62 bits per heavy atom. The van der Waals surface area contributed by atoms with E-state index in [1.165, 1.54) is 47.4 Å². The summed E-state index contributed by atoms with van der Waals surface area (Å²) >= 11 is 1.18. The van der Waals surface area contributed by atoms with E-state index in [2.05, 4.69) is 4.98 Å². The van der Waals surface area contributed by atoms with Gasteiger partial charge in [-0.2, -0.15) is 0 Å². The lowest BCUT2D eigenvalue weighted by molar-refractivity contribution is 0.0982. The van der Waals surface area contributed by atoms with Crippen LogP contribution in [-0.2, 0) is 26.2 Å². The lowest BCUT2D eigenvalue weighted by Crippen LogP contribution is -2.31. The Hall–Kier alpha value is -3.08. The zero-order valence-corrected chi connectivity index (χ0v) is 21.0. The number of thiazole rings is 1. The summed E-state index contributed by atoms with van der Waals surface area (Å²) in [5.74, 6) is -0.635. The molecule has 1 amide bonds. The van der Waals surface area contributed by atoms with Crippen LogP contribution in [0.4, 0.5) is 5.13 Å². The van der Waals surface area contributed by atoms with E-state index in [1.54, 1.807) is 18.2 Å². The molecule has 4 rings (SSSR count). The number of carbonyl (C=O) groups excluding carboxylic acids is 1. The first-order valence-corrected chi connectivity index (χ1v) is 14.7. The minimum Gasteiger partial charge on any atom is -0.279 e. The molecule has 0 saturated heterocycles. The van der Waals surface area contributed by atoms with Crippen molar-refractivity contribution in [1.29, 1.82) is 0 Å². The Morgan fingerprint density at radius 1 is 0.941 bits per heavy atom. The van der Waals surface area contributed by atoms with Crippen LogP contribution in [0.25, 0.3) is 10.2 Å². The summed E-state index contributed by atoms with van der Waals surface area (Å²) in [6, 6.07) is 20.1. The van der Waals surface area contributed by atoms with Crippen molar-refractivity contribution < 1.29 is 21.6 Å². The van der Waals surface area contributed by atoms with Crippen LogP contribution in [0.3, 0.4) is 0 Å². The van der Waals surface area contributed by atoms with Crippen LogP contribution in [0.1, 0.15) is 22.8 Å². The van der Waals surface area contributed by atoms with Crippen molar-refractivity contribution in [3.63, 3.8) is 0 Å². The fraction of sp³-hybridized carbons (Fsp3) is 0.167. The minimum atomic E-state index is -3.64. The minimum absolute atomic E-state index is 0.0268. The van der Waals surface area contributed by atoms with Crippen LogP contribution in [0.15, 0.2) is 82.6 Å². The Bertz CT molecular complexity index is 1580. The topological polar surface area (TPSA) is 101 Å². The van der Waals surface area contributed by atoms with Gasteiger partial charge in [-0.3, -0.25) is 9.69 Å². The van der Waals surface area contributed by atoms with Gasteiger partial charge in [0.05, 0.1) is 37.9 Å². The Balaban J connectivity index is 1.85. The molecular formula is C24H22N2O5S3. The standard InChI is InChI=1S/C24H22N2O5S3/c1-3-34(30,31)22-12-8-7-11-19(22)23(27)26(16-17-9-5-4-6-10-17)24-25-20-14-13-18(33(2,28)29)15-21(20)32-24/h4-15H,3,16H2,1-2H3. The molecule has 0 atom stereocenters. The van der Waals surface area contributed by atoms with E-state index >= 15 is 0 Å². The molecule has 0 aliphatic heterocycles. The smallest absolute Gasteiger partial charge is 0.261 e. The van der Waals surface area contributed by atoms with Crippen molar-refractivity contribution in [2.24, 2.45) is 0 Å². The average Bonchev–Trinajstić information content (AvgIpc) is 3.25. The van der Waals surface area contributed by atoms with E-state index in [0.29, 0.717) is 15.3 Å². The summed E-state index contributed by atoms with van der Waals surface area (Å²) in [5.41, 5.74) is 1.45. The van der Waals surface area contributed by atoms with Gasteiger partial charge in [-0.1, -0.05) is 60.7 Å². The summed E-state index contributed by atoms with van der Waals surface area (Å²) in [6.07, 6.45) is 1.13. The molecule has 1 heterocycles. The summed E-state index contributed by atoms with van der Waals surface area (Å²) in [5, 5.41) is 0.346. The van der Waals surface area contributed by atoms with E-state index in [-0.39, 0.29) is 27.7 Å². The van der Waals surface area contributed by atoms with E-state index < -0.39 is 25.6 Å². The molecule has 3 aromatic carbocycles. The predicted octanol–water partition coefficient (Wildman–Crippen LogP) is 4.34. The van der Waals surface area contributed by atoms with E-state index in [0.717, 1.165) is 11.8 Å². The highest BCUT2D eigenvalue weighted by atomic mass is 32.2. The number of aromatic nitrogens is 1. The maximum Gasteiger partial charge on any atom is 0.261 e. The predicted molar refractivity (Wildman–Crippen MR) is 134 cm³/mol. The summed E-state index contributed by atoms with van der Waals surface area (Å²) < 4.78 is 49.9. The van der Waals surface area contributed by atoms with Gasteiger partial charge in [-0.15, -0.1) is 0 Å². The van der Waals surface area contributed by atoms with Crippen LogP contribution in [0.5, 0.6) is 0 Å². The molecule has 34 heavy (non-hydrogen) atoms. The molecule has 4 aromatic rings. The van der Waals surface area contributed by atoms with Gasteiger partial charge in [-0.25, -0.2) is 21.8 Å². The van der Waals surface area contributed by atoms with E-state index in [1.807, 2.05) is 30.3 Å². The molecule has 0 aliphatic rings. The SMILES string of the molecule is CCS(=O)(=O)c1ccccc1C(=O)N(Cc1ccccc1)c1nc2ccc(S(C)(=O)=O)cc2s1. The van der Waals surface area contributed by atoms with Crippen molar-refractivity contribution in [3.8, 4) is 0 Å². The largest absolute Gasteiger partial charge is 0.279 e. The van der Waals surface area contributed by atoms with Crippen LogP contribution in [0.2, 0.25) is 0 Å². The van der Waals surface area contributed by atoms with Crippen LogP contribution in [-0.4, -0.2) is 39.7 Å². The molecule has 7 nitrogen and oxygen atoms in total. The van der Waals surface area contributed by atoms with Crippen molar-refractivity contribution in [1.82, 2.24) is 4.98 Å². The molecule has 10 heteroatoms. The number of anilines is 1. The maximum absolute atomic E-state index is 13.8. The fourth-order valence-electron chi connectivity index (χ4n) is 3.45. The Kier molecular flexibility index (Phi) is 6.57. The van der Waals surface area contributed by atoms with Gasteiger partial charge in [0.1, 0.15) is 0 Å². The molecule has 0 unspecified atom stereocenters. The van der Waals surface area contributed by atoms with Gasteiger partial charge in [-0.05, 0) is 35.9 Å². The molecule has 0 N–H and O–H groups in total. The van der Waals surface area contributed by atoms with E-state index in [4.69, 9.17) is 0 Å². The zero-order valence-electron chi connectivity index (χ0n) is 18.5. The molecular weight excluding hydrogens is 492 g/mol. The number of fused-ring (bicyclic) bond motifs is 1. The third kappa shape index (κ3) is 4.89. The summed E-state index contributed by atoms with van der Waals surface area (Å²) in [6.45, 7) is 1.70. The second kappa shape index (κ2) is 9.28. The highest BCUT2D eigenvalue weighted by molar-refractivity contribution is 7.91. The maximum atomic E-state index is 13.8. The Labute approximate surface area is 202 Å². The van der Waals surface area contributed by atoms with Gasteiger partial charge in [0.2, 0.25) is 0 Å². The number of nitrogens with zero attached hydrogens (tertiary/aromatic N) is 2. The molecule has 0 spiro atoms. The zero-order chi connectivity index (χ0) is 24.5. The number of hydrogen-bond donors (Lipinski definition) is 0. The third-order valence-corrected chi connectivity index (χ3v) is 9.21. The first kappa shape index (κ1) is 24.1.